The summed E-state index contributed by atoms with van der Waals surface area (Å²) in [6.07, 6.45) is 5.47. The average molecular weight is 357 g/mol. The predicted octanol–water partition coefficient (Wildman–Crippen LogP) is 3.65. The fourth-order valence-electron chi connectivity index (χ4n) is 3.49. The number of nitrogen functional groups attached to an aromatic ring is 1. The number of hydrogen-bond acceptors (Lipinski definition) is 5. The van der Waals surface area contributed by atoms with Gasteiger partial charge in [0.15, 0.2) is 0 Å². The Labute approximate surface area is 151 Å². The molecule has 0 saturated carbocycles. The Bertz CT molecular complexity index is 886. The first kappa shape index (κ1) is 16.4. The van der Waals surface area contributed by atoms with Gasteiger partial charge in [0.2, 0.25) is 0 Å². The van der Waals surface area contributed by atoms with E-state index in [1.807, 2.05) is 18.2 Å². The van der Waals surface area contributed by atoms with Crippen LogP contribution in [0.2, 0.25) is 5.02 Å². The third-order valence-corrected chi connectivity index (χ3v) is 5.15. The molecule has 6 heteroatoms. The second kappa shape index (κ2) is 6.67. The minimum atomic E-state index is 0.327. The lowest BCUT2D eigenvalue weighted by atomic mass is 10.0. The molecule has 0 atom stereocenters. The van der Waals surface area contributed by atoms with Crippen LogP contribution in [0.5, 0.6) is 0 Å². The van der Waals surface area contributed by atoms with Crippen molar-refractivity contribution in [2.75, 3.05) is 18.8 Å². The monoisotopic (exact) mass is 356 g/mol. The van der Waals surface area contributed by atoms with E-state index in [-0.39, 0.29) is 0 Å². The molecule has 1 fully saturated rings. The fourth-order valence-corrected chi connectivity index (χ4v) is 3.83. The lowest BCUT2D eigenvalue weighted by Crippen LogP contribution is -2.39. The number of fused-ring (bicyclic) bond motifs is 1. The molecule has 0 amide bonds. The molecular formula is C19H21ClN4O. The molecule has 3 heterocycles. The van der Waals surface area contributed by atoms with Crippen LogP contribution in [0.25, 0.3) is 22.1 Å². The number of halogens is 1. The molecule has 130 valence electrons. The molecular weight excluding hydrogens is 336 g/mol. The number of piperidine rings is 1. The summed E-state index contributed by atoms with van der Waals surface area (Å²) in [5.74, 6) is 1.19. The normalized spacial score (nSPS) is 16.6. The summed E-state index contributed by atoms with van der Waals surface area (Å²) < 4.78 is 5.56. The van der Waals surface area contributed by atoms with Crippen LogP contribution in [0, 0.1) is 0 Å². The van der Waals surface area contributed by atoms with E-state index in [0.717, 1.165) is 60.1 Å². The van der Waals surface area contributed by atoms with Crippen molar-refractivity contribution in [3.05, 3.63) is 47.3 Å². The number of nitrogens with zero attached hydrogens (tertiary/aromatic N) is 2. The van der Waals surface area contributed by atoms with Gasteiger partial charge in [-0.3, -0.25) is 4.90 Å². The second-order valence-corrected chi connectivity index (χ2v) is 7.06. The zero-order chi connectivity index (χ0) is 17.4. The van der Waals surface area contributed by atoms with Crippen LogP contribution in [-0.2, 0) is 6.54 Å². The van der Waals surface area contributed by atoms with Crippen LogP contribution < -0.4 is 11.5 Å². The van der Waals surface area contributed by atoms with E-state index in [4.69, 9.17) is 27.5 Å². The quantitative estimate of drug-likeness (QED) is 0.748. The van der Waals surface area contributed by atoms with Gasteiger partial charge in [-0.2, -0.15) is 0 Å². The molecule has 1 saturated heterocycles. The van der Waals surface area contributed by atoms with Crippen molar-refractivity contribution in [1.29, 1.82) is 0 Å². The van der Waals surface area contributed by atoms with Gasteiger partial charge >= 0.3 is 0 Å². The number of pyridine rings is 1. The highest BCUT2D eigenvalue weighted by molar-refractivity contribution is 6.37. The van der Waals surface area contributed by atoms with E-state index in [1.165, 1.54) is 0 Å². The third-order valence-electron chi connectivity index (χ3n) is 4.85. The van der Waals surface area contributed by atoms with Crippen LogP contribution in [0.3, 0.4) is 0 Å². The number of furan rings is 1. The molecule has 4 N–H and O–H groups in total. The van der Waals surface area contributed by atoms with E-state index in [2.05, 4.69) is 16.0 Å². The van der Waals surface area contributed by atoms with Crippen LogP contribution in [0.15, 0.2) is 41.1 Å². The summed E-state index contributed by atoms with van der Waals surface area (Å²) >= 11 is 6.55. The van der Waals surface area contributed by atoms with Crippen molar-refractivity contribution in [2.45, 2.75) is 25.4 Å². The second-order valence-electron chi connectivity index (χ2n) is 6.65. The summed E-state index contributed by atoms with van der Waals surface area (Å²) in [5.41, 5.74) is 14.1. The van der Waals surface area contributed by atoms with Crippen LogP contribution in [0.4, 0.5) is 5.82 Å². The molecule has 1 aromatic carbocycles. The van der Waals surface area contributed by atoms with E-state index in [9.17, 15) is 0 Å². The van der Waals surface area contributed by atoms with Crippen LogP contribution in [-0.4, -0.2) is 29.0 Å². The molecule has 4 rings (SSSR count). The van der Waals surface area contributed by atoms with Gasteiger partial charge in [-0.05, 0) is 61.1 Å². The van der Waals surface area contributed by atoms with Crippen molar-refractivity contribution in [1.82, 2.24) is 9.88 Å². The van der Waals surface area contributed by atoms with Gasteiger partial charge in [0.1, 0.15) is 11.6 Å². The molecule has 0 radical (unpaired) electrons. The number of rotatable bonds is 3. The van der Waals surface area contributed by atoms with Gasteiger partial charge < -0.3 is 15.9 Å². The maximum Gasteiger partial charge on any atom is 0.136 e. The summed E-state index contributed by atoms with van der Waals surface area (Å²) in [4.78, 5) is 6.70. The van der Waals surface area contributed by atoms with Crippen molar-refractivity contribution in [3.8, 4) is 11.3 Å². The first-order valence-electron chi connectivity index (χ1n) is 8.50. The molecule has 3 aromatic rings. The topological polar surface area (TPSA) is 81.3 Å². The number of anilines is 1. The van der Waals surface area contributed by atoms with Crippen molar-refractivity contribution in [2.24, 2.45) is 5.73 Å². The minimum Gasteiger partial charge on any atom is -0.464 e. The highest BCUT2D eigenvalue weighted by Gasteiger charge is 2.18. The molecule has 25 heavy (non-hydrogen) atoms. The van der Waals surface area contributed by atoms with Crippen molar-refractivity contribution >= 4 is 28.2 Å². The zero-order valence-electron chi connectivity index (χ0n) is 13.9. The van der Waals surface area contributed by atoms with Gasteiger partial charge in [0, 0.05) is 29.7 Å². The smallest absolute Gasteiger partial charge is 0.136 e. The summed E-state index contributed by atoms with van der Waals surface area (Å²) in [7, 11) is 0. The number of likely N-dealkylation sites (tertiary alicyclic amines) is 1. The van der Waals surface area contributed by atoms with E-state index in [0.29, 0.717) is 16.9 Å². The lowest BCUT2D eigenvalue weighted by Gasteiger charge is -2.30. The van der Waals surface area contributed by atoms with E-state index >= 15 is 0 Å². The largest absolute Gasteiger partial charge is 0.464 e. The van der Waals surface area contributed by atoms with Crippen LogP contribution in [0.1, 0.15) is 18.4 Å². The number of aromatic nitrogens is 1. The summed E-state index contributed by atoms with van der Waals surface area (Å²) in [6.45, 7) is 2.88. The predicted molar refractivity (Wildman–Crippen MR) is 101 cm³/mol. The molecule has 0 aliphatic carbocycles. The first-order valence-corrected chi connectivity index (χ1v) is 8.88. The van der Waals surface area contributed by atoms with Gasteiger partial charge in [-0.25, -0.2) is 4.98 Å². The SMILES string of the molecule is Nc1ncc(-c2ccco2)c2cc(CN3CCC(N)CC3)cc(Cl)c12. The first-order chi connectivity index (χ1) is 12.1. The van der Waals surface area contributed by atoms with Crippen molar-refractivity contribution < 1.29 is 4.42 Å². The zero-order valence-corrected chi connectivity index (χ0v) is 14.7. The number of hydrogen-bond donors (Lipinski definition) is 2. The Hall–Kier alpha value is -2.08. The Morgan fingerprint density at radius 2 is 2.08 bits per heavy atom. The standard InChI is InChI=1S/C19H21ClN4O/c20-16-9-12(11-24-5-3-13(21)4-6-24)8-14-15(17-2-1-7-25-17)10-23-19(22)18(14)16/h1-2,7-10,13H,3-6,11,21H2,(H2,22,23). The summed E-state index contributed by atoms with van der Waals surface area (Å²) in [5, 5.41) is 2.37. The van der Waals surface area contributed by atoms with E-state index in [1.54, 1.807) is 12.5 Å². The number of benzene rings is 1. The van der Waals surface area contributed by atoms with E-state index < -0.39 is 0 Å². The molecule has 0 spiro atoms. The lowest BCUT2D eigenvalue weighted by molar-refractivity contribution is 0.206. The fraction of sp³-hybridized carbons (Fsp3) is 0.316. The average Bonchev–Trinajstić information content (AvgIpc) is 3.11. The molecule has 1 aliphatic rings. The third kappa shape index (κ3) is 3.23. The minimum absolute atomic E-state index is 0.327. The maximum atomic E-state index is 6.55. The molecule has 0 unspecified atom stereocenters. The Kier molecular flexibility index (Phi) is 4.37. The Balaban J connectivity index is 1.76. The van der Waals surface area contributed by atoms with Crippen molar-refractivity contribution in [3.63, 3.8) is 0 Å². The molecule has 2 aromatic heterocycles. The van der Waals surface area contributed by atoms with Gasteiger partial charge in [-0.1, -0.05) is 11.6 Å². The van der Waals surface area contributed by atoms with Gasteiger partial charge in [0.05, 0.1) is 11.3 Å². The highest BCUT2D eigenvalue weighted by Crippen LogP contribution is 2.36. The van der Waals surface area contributed by atoms with Gasteiger partial charge in [0.25, 0.3) is 0 Å². The maximum absolute atomic E-state index is 6.55. The molecule has 0 bridgehead atoms. The molecule has 1 aliphatic heterocycles. The summed E-state index contributed by atoms with van der Waals surface area (Å²) in [6, 6.07) is 8.24. The number of nitrogens with two attached hydrogens (primary N) is 2. The Morgan fingerprint density at radius 3 is 2.80 bits per heavy atom. The highest BCUT2D eigenvalue weighted by atomic mass is 35.5. The molecule has 5 nitrogen and oxygen atoms in total. The van der Waals surface area contributed by atoms with Crippen LogP contribution >= 0.6 is 11.6 Å². The van der Waals surface area contributed by atoms with Gasteiger partial charge in [-0.15, -0.1) is 0 Å². The Morgan fingerprint density at radius 1 is 1.28 bits per heavy atom.